The van der Waals surface area contributed by atoms with Gasteiger partial charge in [0.15, 0.2) is 0 Å². The lowest BCUT2D eigenvalue weighted by atomic mass is 9.69. The largest absolute Gasteiger partial charge is 0.350 e. The Bertz CT molecular complexity index is 309. The average Bonchev–Trinajstić information content (AvgIpc) is 2.56. The number of rotatable bonds is 1. The number of hydrogen-bond donors (Lipinski definition) is 2. The third kappa shape index (κ3) is 1.98. The molecule has 0 aromatic carbocycles. The van der Waals surface area contributed by atoms with Crippen LogP contribution < -0.4 is 11.2 Å². The van der Waals surface area contributed by atoms with E-state index in [0.29, 0.717) is 11.3 Å². The fraction of sp³-hybridized carbons (Fsp3) is 0.818. The van der Waals surface area contributed by atoms with Crippen LogP contribution in [0, 0.1) is 17.3 Å². The quantitative estimate of drug-likeness (QED) is 0.636. The summed E-state index contributed by atoms with van der Waals surface area (Å²) in [6.07, 6.45) is 4.73. The highest BCUT2D eigenvalue weighted by Gasteiger charge is 2.44. The summed E-state index contributed by atoms with van der Waals surface area (Å²) in [6, 6.07) is -0.569. The molecule has 2 aliphatic rings. The molecule has 4 heteroatoms. The van der Waals surface area contributed by atoms with Gasteiger partial charge in [-0.15, -0.1) is 0 Å². The Morgan fingerprint density at radius 3 is 2.93 bits per heavy atom. The molecule has 3 N–H and O–H groups in total. The lowest BCUT2D eigenvalue weighted by molar-refractivity contribution is 0.208. The van der Waals surface area contributed by atoms with E-state index in [2.05, 4.69) is 24.4 Å². The number of hydrogen-bond acceptors (Lipinski definition) is 2. The number of nitrogens with zero attached hydrogens (tertiary/aromatic N) is 1. The summed E-state index contributed by atoms with van der Waals surface area (Å²) in [5.41, 5.74) is 8.84. The highest BCUT2D eigenvalue weighted by atomic mass is 16.2. The van der Waals surface area contributed by atoms with Crippen molar-refractivity contribution in [2.45, 2.75) is 39.5 Å². The zero-order valence-corrected chi connectivity index (χ0v) is 9.42. The van der Waals surface area contributed by atoms with Gasteiger partial charge < -0.3 is 5.73 Å². The maximum Gasteiger partial charge on any atom is 0.332 e. The van der Waals surface area contributed by atoms with Gasteiger partial charge in [0.25, 0.3) is 0 Å². The Morgan fingerprint density at radius 1 is 1.53 bits per heavy atom. The highest BCUT2D eigenvalue weighted by Crippen LogP contribution is 2.50. The SMILES string of the molecule is CC1(C)CC(=NNC(N)=O)C2CCC1C2. The Hall–Kier alpha value is -1.06. The minimum absolute atomic E-state index is 0.325. The Morgan fingerprint density at radius 2 is 2.27 bits per heavy atom. The predicted molar refractivity (Wildman–Crippen MR) is 59.4 cm³/mol. The van der Waals surface area contributed by atoms with Crippen molar-refractivity contribution in [2.24, 2.45) is 28.1 Å². The number of primary amides is 1. The molecular formula is C11H19N3O. The summed E-state index contributed by atoms with van der Waals surface area (Å²) >= 11 is 0. The van der Waals surface area contributed by atoms with Crippen LogP contribution >= 0.6 is 0 Å². The molecular weight excluding hydrogens is 190 g/mol. The van der Waals surface area contributed by atoms with Gasteiger partial charge in [-0.05, 0) is 42.9 Å². The Balaban J connectivity index is 2.13. The Labute approximate surface area is 90.3 Å². The molecule has 0 saturated heterocycles. The number of carbonyl (C=O) groups is 1. The maximum atomic E-state index is 10.6. The third-order valence-corrected chi connectivity index (χ3v) is 3.96. The summed E-state index contributed by atoms with van der Waals surface area (Å²) in [5.74, 6) is 1.41. The number of hydrazone groups is 1. The summed E-state index contributed by atoms with van der Waals surface area (Å²) < 4.78 is 0. The first kappa shape index (κ1) is 10.5. The highest BCUT2D eigenvalue weighted by molar-refractivity contribution is 5.89. The van der Waals surface area contributed by atoms with Crippen molar-refractivity contribution < 1.29 is 4.79 Å². The second-order valence-electron chi connectivity index (χ2n) is 5.45. The van der Waals surface area contributed by atoms with Crippen LogP contribution in [0.1, 0.15) is 39.5 Å². The van der Waals surface area contributed by atoms with Crippen molar-refractivity contribution in [3.63, 3.8) is 0 Å². The van der Waals surface area contributed by atoms with E-state index in [4.69, 9.17) is 5.73 Å². The number of carbonyl (C=O) groups excluding carboxylic acids is 1. The van der Waals surface area contributed by atoms with Gasteiger partial charge >= 0.3 is 6.03 Å². The fourth-order valence-corrected chi connectivity index (χ4v) is 3.01. The van der Waals surface area contributed by atoms with Crippen molar-refractivity contribution in [1.82, 2.24) is 5.43 Å². The number of nitrogens with two attached hydrogens (primary N) is 1. The molecule has 0 spiro atoms. The second-order valence-corrected chi connectivity index (χ2v) is 5.45. The van der Waals surface area contributed by atoms with Crippen LogP contribution in [-0.4, -0.2) is 11.7 Å². The normalized spacial score (nSPS) is 35.5. The molecule has 0 radical (unpaired) electrons. The van der Waals surface area contributed by atoms with Crippen LogP contribution in [0.25, 0.3) is 0 Å². The molecule has 15 heavy (non-hydrogen) atoms. The first-order valence-corrected chi connectivity index (χ1v) is 5.61. The van der Waals surface area contributed by atoms with Crippen LogP contribution in [-0.2, 0) is 0 Å². The smallest absolute Gasteiger partial charge is 0.332 e. The molecule has 0 aromatic rings. The number of amides is 2. The lowest BCUT2D eigenvalue weighted by Gasteiger charge is -2.36. The van der Waals surface area contributed by atoms with Gasteiger partial charge in [-0.3, -0.25) is 0 Å². The molecule has 2 aliphatic carbocycles. The van der Waals surface area contributed by atoms with Crippen molar-refractivity contribution in [3.8, 4) is 0 Å². The van der Waals surface area contributed by atoms with E-state index in [1.54, 1.807) is 0 Å². The zero-order chi connectivity index (χ0) is 11.1. The minimum atomic E-state index is -0.569. The molecule has 84 valence electrons. The van der Waals surface area contributed by atoms with E-state index < -0.39 is 6.03 Å². The van der Waals surface area contributed by atoms with Gasteiger partial charge in [-0.1, -0.05) is 13.8 Å². The van der Waals surface area contributed by atoms with Crippen LogP contribution in [0.15, 0.2) is 5.10 Å². The summed E-state index contributed by atoms with van der Waals surface area (Å²) in [6.45, 7) is 4.58. The number of nitrogens with one attached hydrogen (secondary N) is 1. The molecule has 2 bridgehead atoms. The third-order valence-electron chi connectivity index (χ3n) is 3.96. The summed E-state index contributed by atoms with van der Waals surface area (Å²) in [7, 11) is 0. The summed E-state index contributed by atoms with van der Waals surface area (Å²) in [5, 5.41) is 4.15. The van der Waals surface area contributed by atoms with E-state index in [9.17, 15) is 4.79 Å². The molecule has 0 aliphatic heterocycles. The number of urea groups is 1. The van der Waals surface area contributed by atoms with Crippen LogP contribution in [0.4, 0.5) is 4.79 Å². The lowest BCUT2D eigenvalue weighted by Crippen LogP contribution is -2.35. The second kappa shape index (κ2) is 3.51. The number of fused-ring (bicyclic) bond motifs is 2. The monoisotopic (exact) mass is 209 g/mol. The topological polar surface area (TPSA) is 67.5 Å². The predicted octanol–water partition coefficient (Wildman–Crippen LogP) is 1.86. The molecule has 2 fully saturated rings. The van der Waals surface area contributed by atoms with Gasteiger partial charge in [0.05, 0.1) is 0 Å². The fourth-order valence-electron chi connectivity index (χ4n) is 3.01. The molecule has 2 saturated carbocycles. The van der Waals surface area contributed by atoms with Gasteiger partial charge in [0, 0.05) is 5.71 Å². The Kier molecular flexibility index (Phi) is 2.44. The molecule has 2 unspecified atom stereocenters. The molecule has 2 rings (SSSR count). The minimum Gasteiger partial charge on any atom is -0.350 e. The van der Waals surface area contributed by atoms with Crippen LogP contribution in [0.3, 0.4) is 0 Å². The molecule has 2 atom stereocenters. The van der Waals surface area contributed by atoms with Gasteiger partial charge in [-0.2, -0.15) is 5.10 Å². The first-order chi connectivity index (χ1) is 6.99. The van der Waals surface area contributed by atoms with Crippen LogP contribution in [0.5, 0.6) is 0 Å². The molecule has 4 nitrogen and oxygen atoms in total. The molecule has 0 aromatic heterocycles. The maximum absolute atomic E-state index is 10.6. The van der Waals surface area contributed by atoms with E-state index in [1.807, 2.05) is 0 Å². The summed E-state index contributed by atoms with van der Waals surface area (Å²) in [4.78, 5) is 10.6. The first-order valence-electron chi connectivity index (χ1n) is 5.61. The van der Waals surface area contributed by atoms with Gasteiger partial charge in [0.1, 0.15) is 0 Å². The molecule has 2 amide bonds. The van der Waals surface area contributed by atoms with E-state index in [0.717, 1.165) is 18.1 Å². The zero-order valence-electron chi connectivity index (χ0n) is 9.42. The van der Waals surface area contributed by atoms with Crippen molar-refractivity contribution in [1.29, 1.82) is 0 Å². The van der Waals surface area contributed by atoms with Crippen molar-refractivity contribution in [3.05, 3.63) is 0 Å². The van der Waals surface area contributed by atoms with E-state index >= 15 is 0 Å². The van der Waals surface area contributed by atoms with Crippen molar-refractivity contribution in [2.75, 3.05) is 0 Å². The standard InChI is InChI=1S/C11H19N3O/c1-11(2)6-9(13-14-10(12)15)7-3-4-8(11)5-7/h7-8H,3-6H2,1-2H3,(H3,12,14,15). The molecule has 0 heterocycles. The van der Waals surface area contributed by atoms with Gasteiger partial charge in [0.2, 0.25) is 0 Å². The van der Waals surface area contributed by atoms with E-state index in [-0.39, 0.29) is 0 Å². The van der Waals surface area contributed by atoms with Crippen LogP contribution in [0.2, 0.25) is 0 Å². The van der Waals surface area contributed by atoms with Gasteiger partial charge in [-0.25, -0.2) is 10.2 Å². The van der Waals surface area contributed by atoms with E-state index in [1.165, 1.54) is 19.3 Å². The average molecular weight is 209 g/mol. The van der Waals surface area contributed by atoms with Crippen molar-refractivity contribution >= 4 is 11.7 Å².